The first-order valence-electron chi connectivity index (χ1n) is 5.32. The molecule has 1 aliphatic rings. The molecule has 0 spiro atoms. The molecule has 1 aliphatic heterocycles. The molecule has 1 heterocycles. The molecule has 0 aromatic heterocycles. The number of methoxy groups -OCH3 is 1. The molecule has 4 heteroatoms. The number of likely N-dealkylation sites (tertiary alicyclic amines) is 1. The van der Waals surface area contributed by atoms with Crippen LogP contribution in [0.4, 0.5) is 0 Å². The highest BCUT2D eigenvalue weighted by Gasteiger charge is 2.17. The summed E-state index contributed by atoms with van der Waals surface area (Å²) in [5, 5.41) is 2.75. The fourth-order valence-electron chi connectivity index (χ4n) is 1.17. The number of hydrogen-bond donors (Lipinski definition) is 1. The Labute approximate surface area is 93.0 Å². The molecule has 1 atom stereocenters. The van der Waals surface area contributed by atoms with Crippen LogP contribution in [-0.2, 0) is 9.53 Å². The van der Waals surface area contributed by atoms with Crippen LogP contribution in [0, 0.1) is 0 Å². The van der Waals surface area contributed by atoms with Gasteiger partial charge in [0.05, 0.1) is 5.60 Å². The Morgan fingerprint density at radius 1 is 1.47 bits per heavy atom. The molecule has 4 nitrogen and oxygen atoms in total. The van der Waals surface area contributed by atoms with E-state index < -0.39 is 0 Å². The third kappa shape index (κ3) is 8.39. The molecule has 1 fully saturated rings. The summed E-state index contributed by atoms with van der Waals surface area (Å²) >= 11 is 0. The van der Waals surface area contributed by atoms with E-state index in [1.807, 2.05) is 20.8 Å². The van der Waals surface area contributed by atoms with Crippen molar-refractivity contribution in [2.45, 2.75) is 38.8 Å². The van der Waals surface area contributed by atoms with Crippen molar-refractivity contribution in [2.24, 2.45) is 0 Å². The van der Waals surface area contributed by atoms with E-state index in [4.69, 9.17) is 4.74 Å². The number of carbonyl (C=O) groups excluding carboxylic acids is 1. The quantitative estimate of drug-likeness (QED) is 0.696. The van der Waals surface area contributed by atoms with Crippen LogP contribution in [0.5, 0.6) is 0 Å². The van der Waals surface area contributed by atoms with Gasteiger partial charge >= 0.3 is 0 Å². The van der Waals surface area contributed by atoms with Crippen LogP contribution >= 0.6 is 0 Å². The van der Waals surface area contributed by atoms with E-state index in [9.17, 15) is 4.79 Å². The van der Waals surface area contributed by atoms with Crippen molar-refractivity contribution < 1.29 is 9.53 Å². The zero-order valence-corrected chi connectivity index (χ0v) is 10.5. The van der Waals surface area contributed by atoms with Gasteiger partial charge < -0.3 is 15.0 Å². The van der Waals surface area contributed by atoms with Gasteiger partial charge in [0.1, 0.15) is 0 Å². The Morgan fingerprint density at radius 3 is 2.27 bits per heavy atom. The van der Waals surface area contributed by atoms with Gasteiger partial charge in [-0.3, -0.25) is 4.79 Å². The van der Waals surface area contributed by atoms with Crippen LogP contribution in [0.1, 0.15) is 27.2 Å². The SMILES string of the molecule is CN1CCC(NC=O)C1.COC(C)(C)C. The van der Waals surface area contributed by atoms with Crippen molar-refractivity contribution in [3.63, 3.8) is 0 Å². The number of likely N-dealkylation sites (N-methyl/N-ethyl adjacent to an activating group) is 1. The van der Waals surface area contributed by atoms with Gasteiger partial charge in [-0.05, 0) is 40.8 Å². The smallest absolute Gasteiger partial charge is 0.207 e. The van der Waals surface area contributed by atoms with Crippen LogP contribution in [0.2, 0.25) is 0 Å². The molecule has 1 amide bonds. The fraction of sp³-hybridized carbons (Fsp3) is 0.909. The van der Waals surface area contributed by atoms with Crippen molar-refractivity contribution in [1.82, 2.24) is 10.2 Å². The maximum atomic E-state index is 9.94. The summed E-state index contributed by atoms with van der Waals surface area (Å²) < 4.78 is 4.94. The highest BCUT2D eigenvalue weighted by molar-refractivity contribution is 5.46. The molecular weight excluding hydrogens is 192 g/mol. The molecule has 15 heavy (non-hydrogen) atoms. The third-order valence-electron chi connectivity index (χ3n) is 2.31. The van der Waals surface area contributed by atoms with Gasteiger partial charge in [-0.15, -0.1) is 0 Å². The molecule has 0 radical (unpaired) electrons. The standard InChI is InChI=1S/C6H12N2O.C5H12O/c1-8-3-2-6(4-8)7-5-9;1-5(2,3)6-4/h5-6H,2-4H2,1H3,(H,7,9);1-4H3. The van der Waals surface area contributed by atoms with E-state index in [1.165, 1.54) is 0 Å². The summed E-state index contributed by atoms with van der Waals surface area (Å²) in [5.41, 5.74) is 0.0417. The van der Waals surface area contributed by atoms with Gasteiger partial charge in [0, 0.05) is 19.7 Å². The highest BCUT2D eigenvalue weighted by atomic mass is 16.5. The van der Waals surface area contributed by atoms with Gasteiger partial charge in [-0.25, -0.2) is 0 Å². The number of carbonyl (C=O) groups is 1. The van der Waals surface area contributed by atoms with Crippen molar-refractivity contribution >= 4 is 6.41 Å². The Kier molecular flexibility index (Phi) is 6.52. The lowest BCUT2D eigenvalue weighted by molar-refractivity contribution is -0.110. The largest absolute Gasteiger partial charge is 0.379 e. The van der Waals surface area contributed by atoms with Crippen LogP contribution in [0.15, 0.2) is 0 Å². The van der Waals surface area contributed by atoms with Gasteiger partial charge in [-0.1, -0.05) is 0 Å². The lowest BCUT2D eigenvalue weighted by Gasteiger charge is -2.14. The van der Waals surface area contributed by atoms with Gasteiger partial charge in [0.15, 0.2) is 0 Å². The van der Waals surface area contributed by atoms with Crippen LogP contribution in [-0.4, -0.2) is 50.2 Å². The summed E-state index contributed by atoms with van der Waals surface area (Å²) in [6.45, 7) is 8.16. The lowest BCUT2D eigenvalue weighted by Crippen LogP contribution is -2.29. The maximum Gasteiger partial charge on any atom is 0.207 e. The molecule has 0 saturated carbocycles. The van der Waals surface area contributed by atoms with Crippen molar-refractivity contribution in [2.75, 3.05) is 27.2 Å². The van der Waals surface area contributed by atoms with E-state index in [-0.39, 0.29) is 5.60 Å². The van der Waals surface area contributed by atoms with Crippen molar-refractivity contribution in [3.8, 4) is 0 Å². The van der Waals surface area contributed by atoms with Crippen LogP contribution < -0.4 is 5.32 Å². The number of nitrogens with zero attached hydrogens (tertiary/aromatic N) is 1. The summed E-state index contributed by atoms with van der Waals surface area (Å²) in [7, 11) is 3.77. The van der Waals surface area contributed by atoms with Crippen LogP contribution in [0.25, 0.3) is 0 Å². The Hall–Kier alpha value is -0.610. The average Bonchev–Trinajstić information content (AvgIpc) is 2.52. The number of nitrogens with one attached hydrogen (secondary N) is 1. The molecule has 0 aromatic rings. The molecular formula is C11H24N2O2. The Balaban J connectivity index is 0.000000288. The summed E-state index contributed by atoms with van der Waals surface area (Å²) in [6.07, 6.45) is 1.87. The number of hydrogen-bond acceptors (Lipinski definition) is 3. The molecule has 0 aromatic carbocycles. The molecule has 1 rings (SSSR count). The Morgan fingerprint density at radius 2 is 2.00 bits per heavy atom. The van der Waals surface area contributed by atoms with Gasteiger partial charge in [-0.2, -0.15) is 0 Å². The number of rotatable bonds is 2. The lowest BCUT2D eigenvalue weighted by atomic mass is 10.2. The molecule has 0 bridgehead atoms. The molecule has 0 aliphatic carbocycles. The zero-order chi connectivity index (χ0) is 11.9. The van der Waals surface area contributed by atoms with E-state index in [0.29, 0.717) is 6.04 Å². The van der Waals surface area contributed by atoms with Crippen LogP contribution in [0.3, 0.4) is 0 Å². The second-order valence-electron chi connectivity index (χ2n) is 4.85. The van der Waals surface area contributed by atoms with E-state index in [2.05, 4.69) is 17.3 Å². The first-order chi connectivity index (χ1) is 6.89. The molecule has 1 N–H and O–H groups in total. The fourth-order valence-corrected chi connectivity index (χ4v) is 1.17. The minimum Gasteiger partial charge on any atom is -0.379 e. The minimum atomic E-state index is 0.0417. The molecule has 1 saturated heterocycles. The predicted octanol–water partition coefficient (Wildman–Crippen LogP) is 0.868. The predicted molar refractivity (Wildman–Crippen MR) is 61.9 cm³/mol. The maximum absolute atomic E-state index is 9.94. The van der Waals surface area contributed by atoms with E-state index in [0.717, 1.165) is 25.9 Å². The summed E-state index contributed by atoms with van der Waals surface area (Å²) in [4.78, 5) is 12.1. The first kappa shape index (κ1) is 14.4. The summed E-state index contributed by atoms with van der Waals surface area (Å²) in [5.74, 6) is 0. The van der Waals surface area contributed by atoms with Crippen molar-refractivity contribution in [3.05, 3.63) is 0 Å². The topological polar surface area (TPSA) is 41.6 Å². The minimum absolute atomic E-state index is 0.0417. The monoisotopic (exact) mass is 216 g/mol. The van der Waals surface area contributed by atoms with E-state index >= 15 is 0 Å². The third-order valence-corrected chi connectivity index (χ3v) is 2.31. The molecule has 90 valence electrons. The normalized spacial score (nSPS) is 21.8. The molecule has 1 unspecified atom stereocenters. The average molecular weight is 216 g/mol. The van der Waals surface area contributed by atoms with Gasteiger partial charge in [0.25, 0.3) is 0 Å². The number of amides is 1. The number of ether oxygens (including phenoxy) is 1. The Bertz CT molecular complexity index is 178. The highest BCUT2D eigenvalue weighted by Crippen LogP contribution is 2.04. The van der Waals surface area contributed by atoms with E-state index in [1.54, 1.807) is 7.11 Å². The zero-order valence-electron chi connectivity index (χ0n) is 10.5. The first-order valence-corrected chi connectivity index (χ1v) is 5.32. The summed E-state index contributed by atoms with van der Waals surface area (Å²) in [6, 6.07) is 0.396. The second kappa shape index (κ2) is 6.80. The van der Waals surface area contributed by atoms with Crippen molar-refractivity contribution in [1.29, 1.82) is 0 Å². The van der Waals surface area contributed by atoms with Gasteiger partial charge in [0.2, 0.25) is 6.41 Å². The second-order valence-corrected chi connectivity index (χ2v) is 4.85.